The van der Waals surface area contributed by atoms with E-state index in [0.717, 1.165) is 48.6 Å². The summed E-state index contributed by atoms with van der Waals surface area (Å²) in [6.07, 6.45) is 2.42. The van der Waals surface area contributed by atoms with E-state index in [2.05, 4.69) is 33.8 Å². The summed E-state index contributed by atoms with van der Waals surface area (Å²) in [6.45, 7) is 5.61. The topological polar surface area (TPSA) is 56.7 Å². The van der Waals surface area contributed by atoms with Crippen LogP contribution < -0.4 is 10.6 Å². The molecule has 6 heteroatoms. The van der Waals surface area contributed by atoms with Crippen molar-refractivity contribution in [2.45, 2.75) is 39.3 Å². The maximum absolute atomic E-state index is 13.0. The Bertz CT molecular complexity index is 835. The van der Waals surface area contributed by atoms with Crippen molar-refractivity contribution in [3.8, 4) is 0 Å². The van der Waals surface area contributed by atoms with Crippen LogP contribution in [0, 0.1) is 5.82 Å². The molecule has 0 radical (unpaired) electrons. The lowest BCUT2D eigenvalue weighted by Gasteiger charge is -2.16. The highest BCUT2D eigenvalue weighted by Crippen LogP contribution is 2.15. The second-order valence-corrected chi connectivity index (χ2v) is 7.24. The molecule has 5 nitrogen and oxygen atoms in total. The van der Waals surface area contributed by atoms with Crippen molar-refractivity contribution in [2.75, 3.05) is 19.6 Å². The highest BCUT2D eigenvalue weighted by molar-refractivity contribution is 5.79. The average Bonchev–Trinajstić information content (AvgIpc) is 3.12. The van der Waals surface area contributed by atoms with Gasteiger partial charge in [-0.25, -0.2) is 9.38 Å². The van der Waals surface area contributed by atoms with Crippen LogP contribution in [0.15, 0.2) is 53.5 Å². The Labute approximate surface area is 172 Å². The number of guanidine groups is 1. The Hall–Kier alpha value is -2.89. The molecule has 0 spiro atoms. The Morgan fingerprint density at radius 3 is 2.62 bits per heavy atom. The van der Waals surface area contributed by atoms with Gasteiger partial charge in [-0.15, -0.1) is 0 Å². The molecule has 1 amide bonds. The van der Waals surface area contributed by atoms with Gasteiger partial charge in [0.1, 0.15) is 5.82 Å². The van der Waals surface area contributed by atoms with Crippen molar-refractivity contribution < 1.29 is 9.18 Å². The first-order valence-corrected chi connectivity index (χ1v) is 10.3. The number of nitrogens with zero attached hydrogens (tertiary/aromatic N) is 2. The smallest absolute Gasteiger partial charge is 0.222 e. The van der Waals surface area contributed by atoms with E-state index in [1.54, 1.807) is 12.1 Å². The summed E-state index contributed by atoms with van der Waals surface area (Å²) in [7, 11) is 0. The number of nitrogens with one attached hydrogen (secondary N) is 2. The minimum atomic E-state index is -0.215. The fourth-order valence-corrected chi connectivity index (χ4v) is 3.41. The summed E-state index contributed by atoms with van der Waals surface area (Å²) in [5.74, 6) is 0.788. The molecule has 0 aromatic heterocycles. The third-order valence-corrected chi connectivity index (χ3v) is 4.92. The molecular formula is C23H29FN4O. The number of likely N-dealkylation sites (tertiary alicyclic amines) is 1. The van der Waals surface area contributed by atoms with Crippen molar-refractivity contribution in [1.82, 2.24) is 15.5 Å². The molecule has 0 bridgehead atoms. The van der Waals surface area contributed by atoms with E-state index >= 15 is 0 Å². The summed E-state index contributed by atoms with van der Waals surface area (Å²) in [5.41, 5.74) is 3.34. The summed E-state index contributed by atoms with van der Waals surface area (Å²) < 4.78 is 13.0. The van der Waals surface area contributed by atoms with Gasteiger partial charge in [-0.1, -0.05) is 36.4 Å². The van der Waals surface area contributed by atoms with Crippen LogP contribution in [0.1, 0.15) is 36.5 Å². The first kappa shape index (κ1) is 20.8. The van der Waals surface area contributed by atoms with Crippen molar-refractivity contribution in [2.24, 2.45) is 4.99 Å². The SMILES string of the molecule is CCNC(=NCc1cccc(CN2CCCC2=O)c1)NCCc1ccc(F)cc1. The van der Waals surface area contributed by atoms with E-state index < -0.39 is 0 Å². The molecule has 1 fully saturated rings. The third-order valence-electron chi connectivity index (χ3n) is 4.92. The number of benzene rings is 2. The van der Waals surface area contributed by atoms with Crippen LogP contribution in [0.4, 0.5) is 4.39 Å². The van der Waals surface area contributed by atoms with Crippen LogP contribution in [-0.4, -0.2) is 36.4 Å². The van der Waals surface area contributed by atoms with Crippen LogP contribution in [-0.2, 0) is 24.3 Å². The zero-order chi connectivity index (χ0) is 20.5. The van der Waals surface area contributed by atoms with Gasteiger partial charge >= 0.3 is 0 Å². The summed E-state index contributed by atoms with van der Waals surface area (Å²) >= 11 is 0. The van der Waals surface area contributed by atoms with Crippen LogP contribution in [0.25, 0.3) is 0 Å². The van der Waals surface area contributed by atoms with Crippen LogP contribution in [0.3, 0.4) is 0 Å². The number of hydrogen-bond donors (Lipinski definition) is 2. The van der Waals surface area contributed by atoms with Crippen molar-refractivity contribution in [3.63, 3.8) is 0 Å². The predicted molar refractivity (Wildman–Crippen MR) is 114 cm³/mol. The largest absolute Gasteiger partial charge is 0.357 e. The van der Waals surface area contributed by atoms with Gasteiger partial charge in [-0.3, -0.25) is 4.79 Å². The van der Waals surface area contributed by atoms with E-state index in [1.807, 2.05) is 17.9 Å². The Morgan fingerprint density at radius 1 is 1.10 bits per heavy atom. The Kier molecular flexibility index (Phi) is 7.61. The summed E-state index contributed by atoms with van der Waals surface area (Å²) in [6, 6.07) is 14.8. The molecule has 0 unspecified atom stereocenters. The lowest BCUT2D eigenvalue weighted by atomic mass is 10.1. The van der Waals surface area contributed by atoms with Gasteiger partial charge in [0.15, 0.2) is 5.96 Å². The maximum Gasteiger partial charge on any atom is 0.222 e. The van der Waals surface area contributed by atoms with Gasteiger partial charge in [0.2, 0.25) is 5.91 Å². The second-order valence-electron chi connectivity index (χ2n) is 7.24. The lowest BCUT2D eigenvalue weighted by molar-refractivity contribution is -0.128. The molecule has 1 aliphatic rings. The van der Waals surface area contributed by atoms with E-state index in [-0.39, 0.29) is 11.7 Å². The van der Waals surface area contributed by atoms with Crippen LogP contribution in [0.2, 0.25) is 0 Å². The van der Waals surface area contributed by atoms with Gasteiger partial charge in [0, 0.05) is 32.6 Å². The van der Waals surface area contributed by atoms with E-state index in [1.165, 1.54) is 12.1 Å². The van der Waals surface area contributed by atoms with Crippen molar-refractivity contribution in [3.05, 3.63) is 71.0 Å². The average molecular weight is 397 g/mol. The lowest BCUT2D eigenvalue weighted by Crippen LogP contribution is -2.38. The molecule has 2 N–H and O–H groups in total. The molecule has 0 saturated carbocycles. The molecule has 29 heavy (non-hydrogen) atoms. The molecule has 3 rings (SSSR count). The summed E-state index contributed by atoms with van der Waals surface area (Å²) in [5, 5.41) is 6.58. The molecule has 1 aliphatic heterocycles. The first-order chi connectivity index (χ1) is 14.1. The number of carbonyl (C=O) groups excluding carboxylic acids is 1. The number of rotatable bonds is 8. The number of carbonyl (C=O) groups is 1. The molecule has 2 aromatic rings. The highest BCUT2D eigenvalue weighted by atomic mass is 19.1. The van der Waals surface area contributed by atoms with E-state index in [0.29, 0.717) is 26.1 Å². The van der Waals surface area contributed by atoms with Crippen molar-refractivity contribution in [1.29, 1.82) is 0 Å². The third kappa shape index (κ3) is 6.59. The Balaban J connectivity index is 1.54. The van der Waals surface area contributed by atoms with Gasteiger partial charge in [0.25, 0.3) is 0 Å². The summed E-state index contributed by atoms with van der Waals surface area (Å²) in [4.78, 5) is 18.4. The molecule has 2 aromatic carbocycles. The van der Waals surface area contributed by atoms with Gasteiger partial charge in [-0.05, 0) is 48.6 Å². The predicted octanol–water partition coefficient (Wildman–Crippen LogP) is 3.25. The molecule has 0 atom stereocenters. The molecule has 0 aliphatic carbocycles. The normalized spacial score (nSPS) is 14.3. The molecule has 1 heterocycles. The maximum atomic E-state index is 13.0. The van der Waals surface area contributed by atoms with Gasteiger partial charge in [-0.2, -0.15) is 0 Å². The quantitative estimate of drug-likeness (QED) is 0.532. The minimum absolute atomic E-state index is 0.215. The molecule has 154 valence electrons. The first-order valence-electron chi connectivity index (χ1n) is 10.3. The number of halogens is 1. The fourth-order valence-electron chi connectivity index (χ4n) is 3.41. The molecule has 1 saturated heterocycles. The highest BCUT2D eigenvalue weighted by Gasteiger charge is 2.19. The minimum Gasteiger partial charge on any atom is -0.357 e. The Morgan fingerprint density at radius 2 is 1.90 bits per heavy atom. The van der Waals surface area contributed by atoms with Gasteiger partial charge < -0.3 is 15.5 Å². The monoisotopic (exact) mass is 396 g/mol. The van der Waals surface area contributed by atoms with Gasteiger partial charge in [0.05, 0.1) is 6.54 Å². The van der Waals surface area contributed by atoms with Crippen molar-refractivity contribution >= 4 is 11.9 Å². The number of aliphatic imine (C=N–C) groups is 1. The van der Waals surface area contributed by atoms with E-state index in [4.69, 9.17) is 0 Å². The standard InChI is InChI=1S/C23H29FN4O/c1-2-25-23(26-13-12-18-8-10-21(24)11-9-18)27-16-19-5-3-6-20(15-19)17-28-14-4-7-22(28)29/h3,5-6,8-11,15H,2,4,7,12-14,16-17H2,1H3,(H2,25,26,27). The zero-order valence-electron chi connectivity index (χ0n) is 17.0. The van der Waals surface area contributed by atoms with Crippen LogP contribution in [0.5, 0.6) is 0 Å². The fraction of sp³-hybridized carbons (Fsp3) is 0.391. The van der Waals surface area contributed by atoms with Crippen LogP contribution >= 0.6 is 0 Å². The van der Waals surface area contributed by atoms with E-state index in [9.17, 15) is 9.18 Å². The number of amides is 1. The molecular weight excluding hydrogens is 367 g/mol. The second kappa shape index (κ2) is 10.6. The number of hydrogen-bond acceptors (Lipinski definition) is 2. The zero-order valence-corrected chi connectivity index (χ0v) is 17.0.